The quantitative estimate of drug-likeness (QED) is 0.705. The van der Waals surface area contributed by atoms with Crippen LogP contribution in [0.4, 0.5) is 11.5 Å². The largest absolute Gasteiger partial charge is 0.399 e. The van der Waals surface area contributed by atoms with Gasteiger partial charge in [-0.1, -0.05) is 6.07 Å². The van der Waals surface area contributed by atoms with E-state index in [1.165, 1.54) is 5.39 Å². The van der Waals surface area contributed by atoms with Gasteiger partial charge in [0.15, 0.2) is 0 Å². The fourth-order valence-corrected chi connectivity index (χ4v) is 2.46. The molecule has 4 nitrogen and oxygen atoms in total. The molecule has 3 rings (SSSR count). The molecular weight excluding hydrogens is 224 g/mol. The minimum absolute atomic E-state index is 0.505. The van der Waals surface area contributed by atoms with Crippen molar-refractivity contribution in [3.8, 4) is 0 Å². The summed E-state index contributed by atoms with van der Waals surface area (Å²) >= 11 is 0. The van der Waals surface area contributed by atoms with Gasteiger partial charge < -0.3 is 16.4 Å². The summed E-state index contributed by atoms with van der Waals surface area (Å²) < 4.78 is 0. The Balaban J connectivity index is 1.92. The van der Waals surface area contributed by atoms with Crippen LogP contribution < -0.4 is 16.4 Å². The highest BCUT2D eigenvalue weighted by atomic mass is 15.0. The molecule has 0 atom stereocenters. The number of aromatic nitrogens is 1. The number of hydrogen-bond donors (Lipinski definition) is 3. The van der Waals surface area contributed by atoms with Crippen molar-refractivity contribution in [2.75, 3.05) is 24.1 Å². The normalized spacial score (nSPS) is 16.9. The summed E-state index contributed by atoms with van der Waals surface area (Å²) in [5.41, 5.74) is 6.64. The molecule has 0 bridgehead atoms. The molecule has 4 N–H and O–H groups in total. The van der Waals surface area contributed by atoms with Crippen LogP contribution in [0.25, 0.3) is 10.8 Å². The number of nitrogen functional groups attached to an aromatic ring is 1. The lowest BCUT2D eigenvalue weighted by atomic mass is 10.1. The van der Waals surface area contributed by atoms with Gasteiger partial charge in [-0.3, -0.25) is 0 Å². The van der Waals surface area contributed by atoms with Crippen LogP contribution in [0.15, 0.2) is 30.5 Å². The van der Waals surface area contributed by atoms with Crippen LogP contribution >= 0.6 is 0 Å². The lowest BCUT2D eigenvalue weighted by Crippen LogP contribution is -2.35. The summed E-state index contributed by atoms with van der Waals surface area (Å²) in [6.07, 6.45) is 4.13. The topological polar surface area (TPSA) is 63.0 Å². The van der Waals surface area contributed by atoms with Crippen molar-refractivity contribution >= 4 is 22.3 Å². The first-order valence-corrected chi connectivity index (χ1v) is 6.44. The molecule has 1 aromatic heterocycles. The van der Waals surface area contributed by atoms with Gasteiger partial charge in [0.2, 0.25) is 0 Å². The number of piperidine rings is 1. The zero-order valence-corrected chi connectivity index (χ0v) is 10.3. The molecule has 2 aromatic rings. The van der Waals surface area contributed by atoms with Gasteiger partial charge in [-0.15, -0.1) is 0 Å². The molecule has 1 aliphatic heterocycles. The number of nitrogens with two attached hydrogens (primary N) is 1. The number of hydrogen-bond acceptors (Lipinski definition) is 4. The van der Waals surface area contributed by atoms with E-state index in [0.717, 1.165) is 42.8 Å². The third kappa shape index (κ3) is 2.24. The smallest absolute Gasteiger partial charge is 0.134 e. The van der Waals surface area contributed by atoms with Crippen LogP contribution in [0.3, 0.4) is 0 Å². The van der Waals surface area contributed by atoms with E-state index in [1.54, 1.807) is 0 Å². The molecule has 1 aromatic carbocycles. The number of pyridine rings is 1. The second kappa shape index (κ2) is 4.82. The molecule has 1 saturated heterocycles. The van der Waals surface area contributed by atoms with Crippen molar-refractivity contribution in [1.82, 2.24) is 10.3 Å². The third-order valence-electron chi connectivity index (χ3n) is 3.47. The van der Waals surface area contributed by atoms with Crippen molar-refractivity contribution in [3.05, 3.63) is 30.5 Å². The third-order valence-corrected chi connectivity index (χ3v) is 3.47. The molecule has 18 heavy (non-hydrogen) atoms. The summed E-state index contributed by atoms with van der Waals surface area (Å²) in [4.78, 5) is 4.46. The van der Waals surface area contributed by atoms with Crippen LogP contribution in [0, 0.1) is 0 Å². The Labute approximate surface area is 107 Å². The van der Waals surface area contributed by atoms with Gasteiger partial charge in [0, 0.05) is 23.3 Å². The molecule has 1 aliphatic rings. The van der Waals surface area contributed by atoms with Gasteiger partial charge in [0.25, 0.3) is 0 Å². The van der Waals surface area contributed by atoms with Gasteiger partial charge in [0.1, 0.15) is 5.82 Å². The average molecular weight is 242 g/mol. The molecule has 2 heterocycles. The molecule has 0 amide bonds. The molecule has 4 heteroatoms. The molecule has 1 fully saturated rings. The lowest BCUT2D eigenvalue weighted by molar-refractivity contribution is 0.478. The number of benzene rings is 1. The predicted octanol–water partition coefficient (Wildman–Crippen LogP) is 1.98. The molecule has 0 aliphatic carbocycles. The van der Waals surface area contributed by atoms with E-state index < -0.39 is 0 Å². The summed E-state index contributed by atoms with van der Waals surface area (Å²) in [6.45, 7) is 2.15. The second-order valence-corrected chi connectivity index (χ2v) is 4.81. The maximum atomic E-state index is 5.86. The van der Waals surface area contributed by atoms with Crippen molar-refractivity contribution in [1.29, 1.82) is 0 Å². The Morgan fingerprint density at radius 3 is 2.89 bits per heavy atom. The number of rotatable bonds is 2. The number of fused-ring (bicyclic) bond motifs is 1. The van der Waals surface area contributed by atoms with Gasteiger partial charge >= 0.3 is 0 Å². The zero-order valence-electron chi connectivity index (χ0n) is 10.3. The standard InChI is InChI=1S/C14H18N4/c15-11-2-1-10-3-8-17-14(13(10)9-11)18-12-4-6-16-7-5-12/h1-3,8-9,12,16H,4-7,15H2,(H,17,18). The number of nitrogens with zero attached hydrogens (tertiary/aromatic N) is 1. The number of nitrogens with one attached hydrogen (secondary N) is 2. The Morgan fingerprint density at radius 2 is 2.06 bits per heavy atom. The maximum Gasteiger partial charge on any atom is 0.134 e. The SMILES string of the molecule is Nc1ccc2ccnc(NC3CCNCC3)c2c1. The van der Waals surface area contributed by atoms with Gasteiger partial charge in [-0.2, -0.15) is 0 Å². The van der Waals surface area contributed by atoms with Crippen LogP contribution in [0.1, 0.15) is 12.8 Å². The highest BCUT2D eigenvalue weighted by molar-refractivity contribution is 5.93. The Bertz CT molecular complexity index is 546. The molecule has 0 spiro atoms. The van der Waals surface area contributed by atoms with Crippen molar-refractivity contribution in [2.45, 2.75) is 18.9 Å². The van der Waals surface area contributed by atoms with E-state index in [0.29, 0.717) is 6.04 Å². The first kappa shape index (κ1) is 11.3. The molecule has 0 unspecified atom stereocenters. The molecular formula is C14H18N4. The van der Waals surface area contributed by atoms with Gasteiger partial charge in [-0.25, -0.2) is 4.98 Å². The fourth-order valence-electron chi connectivity index (χ4n) is 2.46. The highest BCUT2D eigenvalue weighted by Gasteiger charge is 2.14. The Hall–Kier alpha value is -1.81. The minimum atomic E-state index is 0.505. The van der Waals surface area contributed by atoms with Crippen LogP contribution in [0.2, 0.25) is 0 Å². The number of anilines is 2. The van der Waals surface area contributed by atoms with E-state index in [4.69, 9.17) is 5.73 Å². The van der Waals surface area contributed by atoms with Crippen LogP contribution in [-0.4, -0.2) is 24.1 Å². The van der Waals surface area contributed by atoms with Crippen LogP contribution in [-0.2, 0) is 0 Å². The summed E-state index contributed by atoms with van der Waals surface area (Å²) in [5.74, 6) is 0.951. The first-order valence-electron chi connectivity index (χ1n) is 6.44. The maximum absolute atomic E-state index is 5.86. The van der Waals surface area contributed by atoms with Crippen molar-refractivity contribution in [2.24, 2.45) is 0 Å². The fraction of sp³-hybridized carbons (Fsp3) is 0.357. The predicted molar refractivity (Wildman–Crippen MR) is 75.7 cm³/mol. The van der Waals surface area contributed by atoms with Crippen molar-refractivity contribution < 1.29 is 0 Å². The Kier molecular flexibility index (Phi) is 3.02. The van der Waals surface area contributed by atoms with E-state index in [9.17, 15) is 0 Å². The Morgan fingerprint density at radius 1 is 1.22 bits per heavy atom. The molecule has 0 radical (unpaired) electrons. The minimum Gasteiger partial charge on any atom is -0.399 e. The van der Waals surface area contributed by atoms with Crippen LogP contribution in [0.5, 0.6) is 0 Å². The van der Waals surface area contributed by atoms with E-state index in [-0.39, 0.29) is 0 Å². The van der Waals surface area contributed by atoms with Gasteiger partial charge in [0.05, 0.1) is 0 Å². The summed E-state index contributed by atoms with van der Waals surface area (Å²) in [5, 5.41) is 9.19. The zero-order chi connectivity index (χ0) is 12.4. The van der Waals surface area contributed by atoms with Crippen molar-refractivity contribution in [3.63, 3.8) is 0 Å². The van der Waals surface area contributed by atoms with E-state index in [1.807, 2.05) is 30.5 Å². The monoisotopic (exact) mass is 242 g/mol. The first-order chi connectivity index (χ1) is 8.83. The van der Waals surface area contributed by atoms with E-state index >= 15 is 0 Å². The lowest BCUT2D eigenvalue weighted by Gasteiger charge is -2.24. The summed E-state index contributed by atoms with van der Waals surface area (Å²) in [7, 11) is 0. The van der Waals surface area contributed by atoms with E-state index in [2.05, 4.69) is 15.6 Å². The second-order valence-electron chi connectivity index (χ2n) is 4.81. The highest BCUT2D eigenvalue weighted by Crippen LogP contribution is 2.24. The average Bonchev–Trinajstić information content (AvgIpc) is 2.41. The molecule has 0 saturated carbocycles. The van der Waals surface area contributed by atoms with Gasteiger partial charge in [-0.05, 0) is 49.5 Å². The summed E-state index contributed by atoms with van der Waals surface area (Å²) in [6, 6.07) is 8.48. The molecule has 94 valence electrons.